The van der Waals surface area contributed by atoms with E-state index in [0.29, 0.717) is 0 Å². The molecule has 10 nitrogen and oxygen atoms in total. The summed E-state index contributed by atoms with van der Waals surface area (Å²) in [5.41, 5.74) is -0.686. The molecule has 4 atom stereocenters. The molecule has 2 heterocycles. The van der Waals surface area contributed by atoms with Gasteiger partial charge in [0.05, 0.1) is 11.5 Å². The third kappa shape index (κ3) is 3.87. The predicted molar refractivity (Wildman–Crippen MR) is 91.6 cm³/mol. The first-order valence-corrected chi connectivity index (χ1v) is 9.39. The molecule has 3 rings (SSSR count). The van der Waals surface area contributed by atoms with Crippen LogP contribution in [0.15, 0.2) is 51.0 Å². The monoisotopic (exact) mass is 398 g/mol. The average Bonchev–Trinajstić information content (AvgIpc) is 2.91. The number of aryl methyl sites for hydroxylation is 1. The van der Waals surface area contributed by atoms with Gasteiger partial charge in [0.15, 0.2) is 12.3 Å². The van der Waals surface area contributed by atoms with Gasteiger partial charge < -0.3 is 14.9 Å². The van der Waals surface area contributed by atoms with E-state index in [0.717, 1.165) is 22.4 Å². The Morgan fingerprint density at radius 1 is 1.22 bits per heavy atom. The number of hydrogen-bond donors (Lipinski definition) is 3. The second-order valence-electron chi connectivity index (χ2n) is 6.08. The van der Waals surface area contributed by atoms with Crippen molar-refractivity contribution >= 4 is 10.1 Å². The topological polar surface area (TPSA) is 148 Å². The Hall–Kier alpha value is -2.31. The zero-order valence-electron chi connectivity index (χ0n) is 14.2. The number of ether oxygens (including phenoxy) is 1. The summed E-state index contributed by atoms with van der Waals surface area (Å²) in [6, 6.07) is 6.89. The first kappa shape index (κ1) is 19.5. The zero-order valence-corrected chi connectivity index (χ0v) is 15.0. The molecule has 11 heteroatoms. The lowest BCUT2D eigenvalue weighted by atomic mass is 10.1. The van der Waals surface area contributed by atoms with E-state index >= 15 is 0 Å². The van der Waals surface area contributed by atoms with Crippen molar-refractivity contribution in [2.45, 2.75) is 36.4 Å². The average molecular weight is 398 g/mol. The molecular weight excluding hydrogens is 380 g/mol. The second kappa shape index (κ2) is 7.37. The summed E-state index contributed by atoms with van der Waals surface area (Å²) < 4.78 is 36.6. The fourth-order valence-corrected chi connectivity index (χ4v) is 3.81. The van der Waals surface area contributed by atoms with Crippen LogP contribution in [0.3, 0.4) is 0 Å². The van der Waals surface area contributed by atoms with Crippen LogP contribution in [-0.4, -0.2) is 53.1 Å². The molecule has 2 aromatic rings. The van der Waals surface area contributed by atoms with E-state index in [-0.39, 0.29) is 4.90 Å². The highest BCUT2D eigenvalue weighted by atomic mass is 32.2. The molecule has 1 saturated heterocycles. The number of aromatic nitrogens is 2. The van der Waals surface area contributed by atoms with Crippen molar-refractivity contribution in [3.8, 4) is 0 Å². The summed E-state index contributed by atoms with van der Waals surface area (Å²) in [5, 5.41) is 19.7. The van der Waals surface area contributed by atoms with E-state index in [4.69, 9.17) is 8.92 Å². The molecular formula is C16H18N2O8S. The minimum atomic E-state index is -4.30. The maximum Gasteiger partial charge on any atom is 0.330 e. The third-order valence-corrected chi connectivity index (χ3v) is 5.49. The molecule has 1 aliphatic heterocycles. The minimum absolute atomic E-state index is 0.139. The van der Waals surface area contributed by atoms with Crippen LogP contribution < -0.4 is 11.2 Å². The Bertz CT molecular complexity index is 1030. The summed E-state index contributed by atoms with van der Waals surface area (Å²) in [4.78, 5) is 25.1. The lowest BCUT2D eigenvalue weighted by molar-refractivity contribution is -0.0519. The van der Waals surface area contributed by atoms with Gasteiger partial charge in [0.1, 0.15) is 12.2 Å². The van der Waals surface area contributed by atoms with Crippen molar-refractivity contribution < 1.29 is 27.6 Å². The number of hydrogen-bond acceptors (Lipinski definition) is 8. The van der Waals surface area contributed by atoms with Crippen molar-refractivity contribution in [3.63, 3.8) is 0 Å². The summed E-state index contributed by atoms with van der Waals surface area (Å²) in [6.45, 7) is 1.16. The number of nitrogens with zero attached hydrogens (tertiary/aromatic N) is 1. The third-order valence-electron chi connectivity index (χ3n) is 4.17. The van der Waals surface area contributed by atoms with Gasteiger partial charge in [-0.2, -0.15) is 8.42 Å². The van der Waals surface area contributed by atoms with Crippen LogP contribution in [0.25, 0.3) is 0 Å². The summed E-state index contributed by atoms with van der Waals surface area (Å²) in [7, 11) is -4.30. The number of H-pyrrole nitrogens is 1. The summed E-state index contributed by atoms with van der Waals surface area (Å²) >= 11 is 0. The van der Waals surface area contributed by atoms with E-state index in [1.165, 1.54) is 12.1 Å². The quantitative estimate of drug-likeness (QED) is 0.536. The second-order valence-corrected chi connectivity index (χ2v) is 7.66. The Balaban J connectivity index is 1.98. The molecule has 146 valence electrons. The molecule has 1 aromatic heterocycles. The van der Waals surface area contributed by atoms with E-state index in [1.807, 2.05) is 4.98 Å². The Labute approximate surface area is 153 Å². The molecule has 0 amide bonds. The number of aromatic amines is 1. The maximum atomic E-state index is 12.6. The van der Waals surface area contributed by atoms with Crippen molar-refractivity contribution in [1.82, 2.24) is 9.55 Å². The van der Waals surface area contributed by atoms with E-state index in [1.54, 1.807) is 19.1 Å². The molecule has 3 N–H and O–H groups in total. The van der Waals surface area contributed by atoms with E-state index < -0.39 is 52.5 Å². The van der Waals surface area contributed by atoms with Gasteiger partial charge in [-0.25, -0.2) is 4.79 Å². The van der Waals surface area contributed by atoms with Crippen LogP contribution in [0.4, 0.5) is 0 Å². The highest BCUT2D eigenvalue weighted by Crippen LogP contribution is 2.33. The van der Waals surface area contributed by atoms with Crippen LogP contribution in [0.5, 0.6) is 0 Å². The molecule has 0 aliphatic carbocycles. The first-order chi connectivity index (χ1) is 12.7. The highest BCUT2D eigenvalue weighted by Gasteiger charge is 2.48. The molecule has 0 saturated carbocycles. The molecule has 0 radical (unpaired) electrons. The molecule has 1 fully saturated rings. The van der Waals surface area contributed by atoms with Crippen LogP contribution in [0.2, 0.25) is 0 Å². The van der Waals surface area contributed by atoms with Gasteiger partial charge in [0.2, 0.25) is 0 Å². The number of rotatable bonds is 5. The van der Waals surface area contributed by atoms with Gasteiger partial charge in [0.25, 0.3) is 15.7 Å². The van der Waals surface area contributed by atoms with Crippen LogP contribution >= 0.6 is 0 Å². The van der Waals surface area contributed by atoms with Crippen molar-refractivity contribution in [2.24, 2.45) is 0 Å². The van der Waals surface area contributed by atoms with E-state index in [9.17, 15) is 28.2 Å². The highest BCUT2D eigenvalue weighted by molar-refractivity contribution is 7.86. The van der Waals surface area contributed by atoms with Gasteiger partial charge >= 0.3 is 5.69 Å². The largest absolute Gasteiger partial charge is 0.394 e. The fourth-order valence-electron chi connectivity index (χ4n) is 2.73. The Morgan fingerprint density at radius 2 is 1.89 bits per heavy atom. The normalized spacial score (nSPS) is 25.6. The molecule has 0 bridgehead atoms. The number of aliphatic hydroxyl groups is 2. The molecule has 27 heavy (non-hydrogen) atoms. The number of nitrogens with one attached hydrogen (secondary N) is 1. The molecule has 0 spiro atoms. The maximum absolute atomic E-state index is 12.6. The summed E-state index contributed by atoms with van der Waals surface area (Å²) in [6.07, 6.45) is -4.50. The molecule has 1 aliphatic rings. The SMILES string of the molecule is Cc1ccc(S(=O)(=O)O[C@H]2[C@H](O)[C@H](CO)O[C@@H]2n2ccc(=O)[nH]c2=O)cc1. The van der Waals surface area contributed by atoms with Gasteiger partial charge in [0, 0.05) is 12.3 Å². The number of benzene rings is 1. The Kier molecular flexibility index (Phi) is 5.31. The van der Waals surface area contributed by atoms with Gasteiger partial charge in [-0.3, -0.25) is 18.5 Å². The molecule has 0 unspecified atom stereocenters. The fraction of sp³-hybridized carbons (Fsp3) is 0.375. The van der Waals surface area contributed by atoms with Gasteiger partial charge in [-0.1, -0.05) is 17.7 Å². The minimum Gasteiger partial charge on any atom is -0.394 e. The summed E-state index contributed by atoms with van der Waals surface area (Å²) in [5.74, 6) is 0. The zero-order chi connectivity index (χ0) is 19.8. The van der Waals surface area contributed by atoms with Crippen molar-refractivity contribution in [1.29, 1.82) is 0 Å². The van der Waals surface area contributed by atoms with Crippen LogP contribution in [0.1, 0.15) is 11.8 Å². The van der Waals surface area contributed by atoms with Crippen LogP contribution in [-0.2, 0) is 19.0 Å². The van der Waals surface area contributed by atoms with Gasteiger partial charge in [-0.15, -0.1) is 0 Å². The smallest absolute Gasteiger partial charge is 0.330 e. The van der Waals surface area contributed by atoms with Crippen molar-refractivity contribution in [3.05, 3.63) is 62.9 Å². The number of aliphatic hydroxyl groups excluding tert-OH is 2. The lowest BCUT2D eigenvalue weighted by Gasteiger charge is -2.21. The van der Waals surface area contributed by atoms with Crippen molar-refractivity contribution in [2.75, 3.05) is 6.61 Å². The van der Waals surface area contributed by atoms with E-state index in [2.05, 4.69) is 0 Å². The first-order valence-electron chi connectivity index (χ1n) is 7.99. The predicted octanol–water partition coefficient (Wildman–Crippen LogP) is -1.13. The Morgan fingerprint density at radius 3 is 2.48 bits per heavy atom. The molecule has 1 aromatic carbocycles. The lowest BCUT2D eigenvalue weighted by Crippen LogP contribution is -2.40. The van der Waals surface area contributed by atoms with Crippen LogP contribution in [0, 0.1) is 6.92 Å². The standard InChI is InChI=1S/C16H18N2O8S/c1-9-2-4-10(5-3-9)27(23,24)26-14-13(21)11(8-19)25-15(14)18-7-6-12(20)17-16(18)22/h2-7,11,13-15,19,21H,8H2,1H3,(H,17,20,22)/t11-,13+,14-,15-/m0/s1. The van der Waals surface area contributed by atoms with Gasteiger partial charge in [-0.05, 0) is 19.1 Å².